The molecule has 272 valence electrons. The number of rotatable bonds is 6. The Balaban J connectivity index is 0.00000113. The van der Waals surface area contributed by atoms with Gasteiger partial charge < -0.3 is 9.80 Å². The van der Waals surface area contributed by atoms with E-state index >= 15 is 0 Å². The number of benzene rings is 7. The van der Waals surface area contributed by atoms with Crippen LogP contribution in [-0.2, 0) is 0 Å². The average Bonchev–Trinajstić information content (AvgIpc) is 3.24. The minimum absolute atomic E-state index is 1.09. The van der Waals surface area contributed by atoms with E-state index in [-0.39, 0.29) is 0 Å². The maximum absolute atomic E-state index is 4.38. The second-order valence-electron chi connectivity index (χ2n) is 13.4. The van der Waals surface area contributed by atoms with Crippen LogP contribution in [0.25, 0.3) is 43.1 Å². The Morgan fingerprint density at radius 2 is 0.800 bits per heavy atom. The van der Waals surface area contributed by atoms with Gasteiger partial charge >= 0.3 is 0 Å². The molecule has 0 spiro atoms. The molecule has 4 nitrogen and oxygen atoms in total. The summed E-state index contributed by atoms with van der Waals surface area (Å²) >= 11 is 0. The SMILES string of the molecule is CC.CC.Cc1ccc2c(N(c3ccccc3)c3ccc4cnccc4c3)c3cc(C)c(C)cc3c(N(c3ccccc3)c3ccc4cnccc4c3)c2c1. The van der Waals surface area contributed by atoms with Gasteiger partial charge in [0.05, 0.1) is 11.4 Å². The number of pyridine rings is 2. The molecular weight excluding hydrogens is 669 g/mol. The predicted molar refractivity (Wildman–Crippen MR) is 238 cm³/mol. The van der Waals surface area contributed by atoms with Crippen LogP contribution >= 0.6 is 0 Å². The lowest BCUT2D eigenvalue weighted by Crippen LogP contribution is -2.15. The number of fused-ring (bicyclic) bond motifs is 4. The van der Waals surface area contributed by atoms with E-state index in [0.29, 0.717) is 0 Å². The Morgan fingerprint density at radius 3 is 1.27 bits per heavy atom. The second kappa shape index (κ2) is 16.2. The zero-order valence-electron chi connectivity index (χ0n) is 32.9. The van der Waals surface area contributed by atoms with Crippen molar-refractivity contribution < 1.29 is 0 Å². The van der Waals surface area contributed by atoms with Gasteiger partial charge in [-0.25, -0.2) is 0 Å². The molecule has 0 saturated carbocycles. The quantitative estimate of drug-likeness (QED) is 0.127. The van der Waals surface area contributed by atoms with Crippen molar-refractivity contribution in [2.75, 3.05) is 9.80 Å². The molecule has 0 aliphatic heterocycles. The van der Waals surface area contributed by atoms with Crippen LogP contribution in [0.2, 0.25) is 0 Å². The van der Waals surface area contributed by atoms with Gasteiger partial charge in [-0.05, 0) is 122 Å². The maximum atomic E-state index is 4.38. The zero-order valence-corrected chi connectivity index (χ0v) is 32.9. The molecule has 0 atom stereocenters. The molecule has 2 aromatic heterocycles. The summed E-state index contributed by atoms with van der Waals surface area (Å²) in [7, 11) is 0. The Labute approximate surface area is 325 Å². The molecule has 7 aromatic carbocycles. The van der Waals surface area contributed by atoms with Crippen molar-refractivity contribution in [1.82, 2.24) is 9.97 Å². The van der Waals surface area contributed by atoms with Gasteiger partial charge in [0, 0.05) is 79.9 Å². The van der Waals surface area contributed by atoms with E-state index in [1.54, 1.807) is 0 Å². The van der Waals surface area contributed by atoms with Gasteiger partial charge in [-0.2, -0.15) is 0 Å². The lowest BCUT2D eigenvalue weighted by molar-refractivity contribution is 1.29. The first-order valence-electron chi connectivity index (χ1n) is 19.4. The highest BCUT2D eigenvalue weighted by Crippen LogP contribution is 2.52. The number of aryl methyl sites for hydroxylation is 3. The van der Waals surface area contributed by atoms with Gasteiger partial charge in [0.1, 0.15) is 0 Å². The molecule has 0 N–H and O–H groups in total. The van der Waals surface area contributed by atoms with Crippen molar-refractivity contribution >= 4 is 77.2 Å². The topological polar surface area (TPSA) is 32.3 Å². The van der Waals surface area contributed by atoms with Crippen LogP contribution in [0, 0.1) is 20.8 Å². The third-order valence-electron chi connectivity index (χ3n) is 10.1. The van der Waals surface area contributed by atoms with E-state index in [0.717, 1.165) is 55.7 Å². The molecule has 0 aliphatic rings. The highest BCUT2D eigenvalue weighted by Gasteiger charge is 2.26. The predicted octanol–water partition coefficient (Wildman–Crippen LogP) is 15.0. The molecular formula is C51H48N4. The van der Waals surface area contributed by atoms with Crippen LogP contribution in [0.3, 0.4) is 0 Å². The Morgan fingerprint density at radius 1 is 0.364 bits per heavy atom. The highest BCUT2D eigenvalue weighted by atomic mass is 15.2. The molecule has 4 heteroatoms. The third-order valence-corrected chi connectivity index (χ3v) is 10.1. The summed E-state index contributed by atoms with van der Waals surface area (Å²) in [5.41, 5.74) is 10.4. The van der Waals surface area contributed by atoms with Crippen molar-refractivity contribution in [2.24, 2.45) is 0 Å². The maximum Gasteiger partial charge on any atom is 0.0620 e. The first-order chi connectivity index (χ1) is 27.0. The summed E-state index contributed by atoms with van der Waals surface area (Å²) in [6.45, 7) is 14.6. The van der Waals surface area contributed by atoms with Crippen molar-refractivity contribution in [1.29, 1.82) is 0 Å². The number of hydrogen-bond donors (Lipinski definition) is 0. The largest absolute Gasteiger partial charge is 0.309 e. The van der Waals surface area contributed by atoms with Crippen LogP contribution in [-0.4, -0.2) is 9.97 Å². The smallest absolute Gasteiger partial charge is 0.0620 e. The first-order valence-corrected chi connectivity index (χ1v) is 19.4. The number of aromatic nitrogens is 2. The number of para-hydroxylation sites is 2. The summed E-state index contributed by atoms with van der Waals surface area (Å²) in [5, 5.41) is 9.28. The van der Waals surface area contributed by atoms with Crippen molar-refractivity contribution in [3.63, 3.8) is 0 Å². The number of hydrogen-bond acceptors (Lipinski definition) is 4. The molecule has 2 heterocycles. The summed E-state index contributed by atoms with van der Waals surface area (Å²) in [4.78, 5) is 13.6. The molecule has 9 aromatic rings. The Kier molecular flexibility index (Phi) is 10.9. The van der Waals surface area contributed by atoms with Crippen LogP contribution in [0.15, 0.2) is 164 Å². The summed E-state index contributed by atoms with van der Waals surface area (Å²) < 4.78 is 0. The number of nitrogens with zero attached hydrogens (tertiary/aromatic N) is 4. The fourth-order valence-corrected chi connectivity index (χ4v) is 7.43. The molecule has 0 unspecified atom stereocenters. The van der Waals surface area contributed by atoms with E-state index in [1.807, 2.05) is 52.5 Å². The van der Waals surface area contributed by atoms with Crippen LogP contribution in [0.4, 0.5) is 34.1 Å². The van der Waals surface area contributed by atoms with Crippen LogP contribution in [0.5, 0.6) is 0 Å². The van der Waals surface area contributed by atoms with Gasteiger partial charge in [-0.15, -0.1) is 0 Å². The molecule has 0 fully saturated rings. The van der Waals surface area contributed by atoms with E-state index < -0.39 is 0 Å². The summed E-state index contributed by atoms with van der Waals surface area (Å²) in [6, 6.07) is 50.7. The van der Waals surface area contributed by atoms with Crippen molar-refractivity contribution in [3.8, 4) is 0 Å². The molecule has 9 rings (SSSR count). The summed E-state index contributed by atoms with van der Waals surface area (Å²) in [6.07, 6.45) is 7.61. The zero-order chi connectivity index (χ0) is 38.5. The number of anilines is 6. The fraction of sp³-hybridized carbons (Fsp3) is 0.137. The molecule has 0 bridgehead atoms. The van der Waals surface area contributed by atoms with Crippen molar-refractivity contribution in [3.05, 3.63) is 181 Å². The summed E-state index contributed by atoms with van der Waals surface area (Å²) in [5.74, 6) is 0. The average molecular weight is 717 g/mol. The van der Waals surface area contributed by atoms with Crippen LogP contribution < -0.4 is 9.80 Å². The molecule has 55 heavy (non-hydrogen) atoms. The van der Waals surface area contributed by atoms with Gasteiger partial charge in [-0.1, -0.05) is 93.9 Å². The lowest BCUT2D eigenvalue weighted by atomic mass is 9.91. The van der Waals surface area contributed by atoms with Crippen molar-refractivity contribution in [2.45, 2.75) is 48.5 Å². The fourth-order valence-electron chi connectivity index (χ4n) is 7.43. The van der Waals surface area contributed by atoms with E-state index in [1.165, 1.54) is 38.2 Å². The molecule has 0 saturated heterocycles. The minimum Gasteiger partial charge on any atom is -0.309 e. The van der Waals surface area contributed by atoms with Gasteiger partial charge in [0.2, 0.25) is 0 Å². The Bertz CT molecular complexity index is 2740. The third kappa shape index (κ3) is 7.00. The van der Waals surface area contributed by atoms with E-state index in [4.69, 9.17) is 0 Å². The standard InChI is InChI=1S/C47H36N4.2C2H6/c1-31-14-19-42-43(24-31)47(51(39-12-8-5-9-13-39)41-18-16-37-30-49-23-21-35(37)28-41)45-26-33(3)32(2)25-44(45)46(42)50(38-10-6-4-7-11-38)40-17-15-36-29-48-22-20-34(36)27-40;2*1-2/h4-30H,1-3H3;2*1-2H3. The van der Waals surface area contributed by atoms with Crippen LogP contribution in [0.1, 0.15) is 44.4 Å². The van der Waals surface area contributed by atoms with E-state index in [2.05, 4.69) is 180 Å². The minimum atomic E-state index is 1.09. The lowest BCUT2D eigenvalue weighted by Gasteiger charge is -2.33. The normalized spacial score (nSPS) is 10.8. The van der Waals surface area contributed by atoms with E-state index in [9.17, 15) is 0 Å². The van der Waals surface area contributed by atoms with Gasteiger partial charge in [0.15, 0.2) is 0 Å². The molecule has 0 aliphatic carbocycles. The van der Waals surface area contributed by atoms with Gasteiger partial charge in [-0.3, -0.25) is 9.97 Å². The highest BCUT2D eigenvalue weighted by molar-refractivity contribution is 6.24. The molecule has 0 radical (unpaired) electrons. The first kappa shape index (κ1) is 36.8. The monoisotopic (exact) mass is 716 g/mol. The Hall–Kier alpha value is -6.52. The molecule has 0 amide bonds. The van der Waals surface area contributed by atoms with Gasteiger partial charge in [0.25, 0.3) is 0 Å². The second-order valence-corrected chi connectivity index (χ2v) is 13.4.